The van der Waals surface area contributed by atoms with Gasteiger partial charge < -0.3 is 19.5 Å². The number of fused-ring (bicyclic) bond motifs is 3. The van der Waals surface area contributed by atoms with Crippen LogP contribution >= 0.6 is 0 Å². The summed E-state index contributed by atoms with van der Waals surface area (Å²) in [6.45, 7) is 4.91. The number of carbonyl (C=O) groups excluding carboxylic acids is 2. The van der Waals surface area contributed by atoms with Crippen LogP contribution in [-0.2, 0) is 19.0 Å². The third kappa shape index (κ3) is 5.31. The van der Waals surface area contributed by atoms with Gasteiger partial charge in [0.25, 0.3) is 0 Å². The monoisotopic (exact) mass is 495 g/mol. The molecule has 2 N–H and O–H groups in total. The number of allylic oxidation sites excluding steroid dienone is 1. The number of ether oxygens (including phenoxy) is 1. The Balaban J connectivity index is 1.62. The van der Waals surface area contributed by atoms with Gasteiger partial charge in [-0.3, -0.25) is 14.5 Å². The second-order valence-corrected chi connectivity index (χ2v) is 10.2. The summed E-state index contributed by atoms with van der Waals surface area (Å²) >= 11 is 0. The SMILES string of the molecule is CCC/C(=C\c1ccccc1O)CC[C@H]1OB(O)C[C@H]2C1=C(COC)C[C@H]1C(=O)N(CCC)C(=O)[C@H]12. The van der Waals surface area contributed by atoms with Gasteiger partial charge in [0, 0.05) is 19.2 Å². The summed E-state index contributed by atoms with van der Waals surface area (Å²) < 4.78 is 11.6. The van der Waals surface area contributed by atoms with Gasteiger partial charge in [0.2, 0.25) is 11.8 Å². The molecule has 194 valence electrons. The van der Waals surface area contributed by atoms with Crippen LogP contribution in [0, 0.1) is 17.8 Å². The molecular formula is C28H38BNO6. The largest absolute Gasteiger partial charge is 0.507 e. The van der Waals surface area contributed by atoms with Gasteiger partial charge in [-0.25, -0.2) is 0 Å². The average Bonchev–Trinajstić information content (AvgIpc) is 3.09. The number of para-hydroxylation sites is 1. The molecule has 1 aromatic carbocycles. The molecule has 3 aliphatic rings. The lowest BCUT2D eigenvalue weighted by Gasteiger charge is -2.43. The van der Waals surface area contributed by atoms with Crippen LogP contribution in [0.25, 0.3) is 6.08 Å². The van der Waals surface area contributed by atoms with Crippen molar-refractivity contribution in [3.8, 4) is 5.75 Å². The van der Waals surface area contributed by atoms with E-state index in [0.717, 1.165) is 42.4 Å². The van der Waals surface area contributed by atoms with Crippen LogP contribution in [0.1, 0.15) is 57.9 Å². The fourth-order valence-electron chi connectivity index (χ4n) is 6.32. The lowest BCUT2D eigenvalue weighted by Crippen LogP contribution is -2.46. The maximum Gasteiger partial charge on any atom is 0.455 e. The summed E-state index contributed by atoms with van der Waals surface area (Å²) in [5, 5.41) is 20.9. The minimum absolute atomic E-state index is 0.0899. The number of methoxy groups -OCH3 is 1. The summed E-state index contributed by atoms with van der Waals surface area (Å²) in [5.74, 6) is -0.992. The summed E-state index contributed by atoms with van der Waals surface area (Å²) in [7, 11) is 0.660. The quantitative estimate of drug-likeness (QED) is 0.287. The fourth-order valence-corrected chi connectivity index (χ4v) is 6.32. The zero-order valence-corrected chi connectivity index (χ0v) is 21.6. The third-order valence-electron chi connectivity index (χ3n) is 7.76. The highest BCUT2D eigenvalue weighted by Gasteiger charge is 2.57. The molecule has 0 saturated carbocycles. The van der Waals surface area contributed by atoms with E-state index >= 15 is 0 Å². The Morgan fingerprint density at radius 2 is 1.94 bits per heavy atom. The van der Waals surface area contributed by atoms with E-state index in [2.05, 4.69) is 6.92 Å². The fraction of sp³-hybridized carbons (Fsp3) is 0.571. The smallest absolute Gasteiger partial charge is 0.455 e. The molecule has 4 rings (SSSR count). The van der Waals surface area contributed by atoms with Crippen molar-refractivity contribution < 1.29 is 29.1 Å². The summed E-state index contributed by atoms with van der Waals surface area (Å²) in [4.78, 5) is 27.9. The van der Waals surface area contributed by atoms with E-state index in [9.17, 15) is 19.7 Å². The highest BCUT2D eigenvalue weighted by atomic mass is 16.5. The molecule has 0 radical (unpaired) electrons. The van der Waals surface area contributed by atoms with Crippen molar-refractivity contribution >= 4 is 25.0 Å². The number of carbonyl (C=O) groups is 2. The van der Waals surface area contributed by atoms with Crippen LogP contribution in [0.3, 0.4) is 0 Å². The number of nitrogens with zero attached hydrogens (tertiary/aromatic N) is 1. The van der Waals surface area contributed by atoms with Crippen molar-refractivity contribution in [2.75, 3.05) is 20.3 Å². The van der Waals surface area contributed by atoms with E-state index in [0.29, 0.717) is 32.3 Å². The van der Waals surface area contributed by atoms with Gasteiger partial charge in [-0.2, -0.15) is 0 Å². The molecule has 0 unspecified atom stereocenters. The first kappa shape index (κ1) is 26.6. The lowest BCUT2D eigenvalue weighted by molar-refractivity contribution is -0.140. The second kappa shape index (κ2) is 11.8. The highest BCUT2D eigenvalue weighted by molar-refractivity contribution is 6.43. The average molecular weight is 495 g/mol. The van der Waals surface area contributed by atoms with Crippen molar-refractivity contribution in [2.45, 2.75) is 64.8 Å². The molecule has 2 amide bonds. The molecule has 2 saturated heterocycles. The number of phenolic OH excluding ortho intramolecular Hbond substituents is 1. The number of benzene rings is 1. The van der Waals surface area contributed by atoms with Gasteiger partial charge in [0.05, 0.1) is 24.5 Å². The van der Waals surface area contributed by atoms with Crippen LogP contribution in [0.15, 0.2) is 41.0 Å². The standard InChI is InChI=1S/C28H38BNO6/c1-4-8-18(14-19-9-6-7-10-23(19)31)11-12-24-25-20(17-35-3)15-21-26(22(25)16-29(34)36-24)28(33)30(13-5-2)27(21)32/h6-7,9-10,14,21-22,24,26,31,34H,4-5,8,11-13,15-17H2,1-3H3/b18-14+/t21-,22+,24-,26-/m1/s1. The van der Waals surface area contributed by atoms with Crippen LogP contribution in [-0.4, -0.2) is 60.3 Å². The van der Waals surface area contributed by atoms with Gasteiger partial charge in [-0.05, 0) is 61.6 Å². The molecule has 2 aliphatic heterocycles. The lowest BCUT2D eigenvalue weighted by atomic mass is 9.58. The first-order chi connectivity index (χ1) is 17.4. The number of likely N-dealkylation sites (tertiary alicyclic amines) is 1. The Kier molecular flexibility index (Phi) is 8.70. The molecule has 7 nitrogen and oxygen atoms in total. The van der Waals surface area contributed by atoms with E-state index < -0.39 is 13.0 Å². The Labute approximate surface area is 214 Å². The number of rotatable bonds is 10. The highest BCUT2D eigenvalue weighted by Crippen LogP contribution is 2.50. The topological polar surface area (TPSA) is 96.3 Å². The Morgan fingerprint density at radius 3 is 2.64 bits per heavy atom. The summed E-state index contributed by atoms with van der Waals surface area (Å²) in [6.07, 6.45) is 6.48. The van der Waals surface area contributed by atoms with Crippen LogP contribution in [0.4, 0.5) is 0 Å². The Morgan fingerprint density at radius 1 is 1.17 bits per heavy atom. The zero-order chi connectivity index (χ0) is 25.8. The molecule has 4 atom stereocenters. The number of phenols is 1. The van der Waals surface area contributed by atoms with Gasteiger partial charge in [0.15, 0.2) is 0 Å². The van der Waals surface area contributed by atoms with Crippen LogP contribution in [0.5, 0.6) is 5.75 Å². The molecule has 2 heterocycles. The van der Waals surface area contributed by atoms with E-state index in [1.165, 1.54) is 10.5 Å². The minimum Gasteiger partial charge on any atom is -0.507 e. The van der Waals surface area contributed by atoms with Gasteiger partial charge in [0.1, 0.15) is 5.75 Å². The van der Waals surface area contributed by atoms with Crippen molar-refractivity contribution in [1.29, 1.82) is 0 Å². The molecule has 2 fully saturated rings. The van der Waals surface area contributed by atoms with Gasteiger partial charge in [-0.15, -0.1) is 0 Å². The van der Waals surface area contributed by atoms with Gasteiger partial charge >= 0.3 is 7.12 Å². The molecule has 8 heteroatoms. The molecule has 1 aromatic rings. The van der Waals surface area contributed by atoms with Crippen LogP contribution < -0.4 is 0 Å². The first-order valence-electron chi connectivity index (χ1n) is 13.3. The van der Waals surface area contributed by atoms with Crippen molar-refractivity contribution in [3.05, 3.63) is 46.5 Å². The Bertz CT molecular complexity index is 1040. The molecular weight excluding hydrogens is 457 g/mol. The molecule has 0 bridgehead atoms. The predicted molar refractivity (Wildman–Crippen MR) is 139 cm³/mol. The van der Waals surface area contributed by atoms with Crippen molar-refractivity contribution in [2.24, 2.45) is 17.8 Å². The van der Waals surface area contributed by atoms with E-state index in [-0.39, 0.29) is 35.5 Å². The summed E-state index contributed by atoms with van der Waals surface area (Å²) in [6, 6.07) is 7.29. The number of aromatic hydroxyl groups is 1. The second-order valence-electron chi connectivity index (χ2n) is 10.2. The van der Waals surface area contributed by atoms with E-state index in [4.69, 9.17) is 9.39 Å². The summed E-state index contributed by atoms with van der Waals surface area (Å²) in [5.41, 5.74) is 4.06. The normalized spacial score (nSPS) is 26.5. The minimum atomic E-state index is -0.980. The Hall–Kier alpha value is -2.42. The zero-order valence-electron chi connectivity index (χ0n) is 21.6. The molecule has 0 aromatic heterocycles. The maximum atomic E-state index is 13.4. The molecule has 36 heavy (non-hydrogen) atoms. The predicted octanol–water partition coefficient (Wildman–Crippen LogP) is 4.21. The van der Waals surface area contributed by atoms with Crippen molar-refractivity contribution in [3.63, 3.8) is 0 Å². The van der Waals surface area contributed by atoms with Gasteiger partial charge in [-0.1, -0.05) is 50.1 Å². The third-order valence-corrected chi connectivity index (χ3v) is 7.76. The van der Waals surface area contributed by atoms with Crippen molar-refractivity contribution in [1.82, 2.24) is 4.90 Å². The maximum absolute atomic E-state index is 13.4. The molecule has 1 aliphatic carbocycles. The number of imide groups is 1. The number of hydrogen-bond donors (Lipinski definition) is 2. The number of hydrogen-bond acceptors (Lipinski definition) is 6. The molecule has 0 spiro atoms. The number of amides is 2. The first-order valence-corrected chi connectivity index (χ1v) is 13.3. The van der Waals surface area contributed by atoms with E-state index in [1.54, 1.807) is 19.2 Å². The van der Waals surface area contributed by atoms with Crippen LogP contribution in [0.2, 0.25) is 6.32 Å². The van der Waals surface area contributed by atoms with E-state index in [1.807, 2.05) is 25.1 Å².